The Bertz CT molecular complexity index is 1130. The zero-order valence-electron chi connectivity index (χ0n) is 15.6. The van der Waals surface area contributed by atoms with Gasteiger partial charge in [0.05, 0.1) is 28.6 Å². The van der Waals surface area contributed by atoms with Gasteiger partial charge in [0.2, 0.25) is 5.91 Å². The van der Waals surface area contributed by atoms with Crippen LogP contribution in [0.15, 0.2) is 54.6 Å². The van der Waals surface area contributed by atoms with Crippen molar-refractivity contribution in [1.29, 1.82) is 0 Å². The number of hydrogen-bond acceptors (Lipinski definition) is 4. The largest absolute Gasteiger partial charge is 0.324 e. The fourth-order valence-corrected chi connectivity index (χ4v) is 4.60. The van der Waals surface area contributed by atoms with Crippen LogP contribution in [-0.4, -0.2) is 29.9 Å². The summed E-state index contributed by atoms with van der Waals surface area (Å²) in [6.45, 7) is 1.68. The fourth-order valence-electron chi connectivity index (χ4n) is 2.75. The van der Waals surface area contributed by atoms with Gasteiger partial charge in [-0.05, 0) is 31.2 Å². The average molecular weight is 436 g/mol. The Balaban J connectivity index is 1.68. The summed E-state index contributed by atoms with van der Waals surface area (Å²) in [6, 6.07) is 14.8. The third kappa shape index (κ3) is 5.21. The second-order valence-electron chi connectivity index (χ2n) is 6.47. The van der Waals surface area contributed by atoms with Crippen LogP contribution >= 0.6 is 11.6 Å². The van der Waals surface area contributed by atoms with Crippen molar-refractivity contribution in [2.75, 3.05) is 11.1 Å². The minimum Gasteiger partial charge on any atom is -0.324 e. The number of para-hydroxylation sites is 2. The number of anilines is 1. The van der Waals surface area contributed by atoms with E-state index in [1.165, 1.54) is 22.9 Å². The van der Waals surface area contributed by atoms with E-state index in [2.05, 4.69) is 10.4 Å². The first-order valence-electron chi connectivity index (χ1n) is 8.81. The number of aryl methyl sites for hydroxylation is 1. The van der Waals surface area contributed by atoms with E-state index in [0.717, 1.165) is 0 Å². The molecule has 1 amide bonds. The number of nitrogens with one attached hydrogen (secondary N) is 1. The van der Waals surface area contributed by atoms with Crippen molar-refractivity contribution in [1.82, 2.24) is 9.78 Å². The maximum Gasteiger partial charge on any atom is 0.225 e. The highest BCUT2D eigenvalue weighted by Crippen LogP contribution is 2.25. The molecule has 0 aliphatic heterocycles. The van der Waals surface area contributed by atoms with Crippen LogP contribution in [0.25, 0.3) is 5.69 Å². The molecule has 0 bridgehead atoms. The number of sulfone groups is 1. The van der Waals surface area contributed by atoms with Crippen LogP contribution in [0.4, 0.5) is 10.1 Å². The molecule has 9 heteroatoms. The van der Waals surface area contributed by atoms with E-state index in [1.54, 1.807) is 13.0 Å². The summed E-state index contributed by atoms with van der Waals surface area (Å²) in [4.78, 5) is 12.0. The molecule has 0 aliphatic carbocycles. The van der Waals surface area contributed by atoms with E-state index in [0.29, 0.717) is 16.9 Å². The molecule has 0 aliphatic rings. The summed E-state index contributed by atoms with van der Waals surface area (Å²) in [5, 5.41) is 6.91. The zero-order valence-corrected chi connectivity index (χ0v) is 17.2. The van der Waals surface area contributed by atoms with Crippen LogP contribution in [0.5, 0.6) is 0 Å². The van der Waals surface area contributed by atoms with E-state index < -0.39 is 21.6 Å². The second kappa shape index (κ2) is 8.75. The van der Waals surface area contributed by atoms with Crippen LogP contribution in [0, 0.1) is 12.7 Å². The van der Waals surface area contributed by atoms with E-state index in [9.17, 15) is 17.6 Å². The summed E-state index contributed by atoms with van der Waals surface area (Å²) in [5.41, 5.74) is 1.62. The first-order chi connectivity index (χ1) is 13.8. The molecule has 0 unspecified atom stereocenters. The minimum absolute atomic E-state index is 0.0120. The summed E-state index contributed by atoms with van der Waals surface area (Å²) < 4.78 is 40.1. The zero-order chi connectivity index (χ0) is 21.0. The van der Waals surface area contributed by atoms with Crippen molar-refractivity contribution in [2.45, 2.75) is 19.1 Å². The maximum absolute atomic E-state index is 13.6. The Morgan fingerprint density at radius 3 is 2.48 bits per heavy atom. The van der Waals surface area contributed by atoms with E-state index in [1.807, 2.05) is 30.3 Å². The molecule has 0 saturated heterocycles. The molecule has 1 aromatic heterocycles. The lowest BCUT2D eigenvalue weighted by Crippen LogP contribution is -2.19. The number of nitrogens with zero attached hydrogens (tertiary/aromatic N) is 2. The summed E-state index contributed by atoms with van der Waals surface area (Å²) in [6.07, 6.45) is -0.292. The molecule has 3 aromatic rings. The van der Waals surface area contributed by atoms with E-state index >= 15 is 0 Å². The minimum atomic E-state index is -3.64. The van der Waals surface area contributed by atoms with Gasteiger partial charge in [-0.15, -0.1) is 0 Å². The number of benzene rings is 2. The molecule has 0 saturated carbocycles. The van der Waals surface area contributed by atoms with Gasteiger partial charge >= 0.3 is 0 Å². The Hall–Kier alpha value is -2.71. The number of hydrogen-bond donors (Lipinski definition) is 1. The van der Waals surface area contributed by atoms with Gasteiger partial charge in [-0.2, -0.15) is 5.10 Å². The first-order valence-corrected chi connectivity index (χ1v) is 11.0. The smallest absolute Gasteiger partial charge is 0.225 e. The highest BCUT2D eigenvalue weighted by Gasteiger charge is 2.22. The topological polar surface area (TPSA) is 81.1 Å². The van der Waals surface area contributed by atoms with Gasteiger partial charge in [0.15, 0.2) is 9.84 Å². The Labute approximate surface area is 173 Å². The average Bonchev–Trinajstić information content (AvgIpc) is 2.97. The van der Waals surface area contributed by atoms with Crippen molar-refractivity contribution in [3.05, 3.63) is 76.8 Å². The number of aromatic nitrogens is 2. The molecule has 0 radical (unpaired) electrons. The molecule has 0 fully saturated rings. The molecule has 1 N–H and O–H groups in total. The van der Waals surface area contributed by atoms with Gasteiger partial charge in [-0.1, -0.05) is 41.9 Å². The van der Waals surface area contributed by atoms with Gasteiger partial charge in [-0.25, -0.2) is 17.5 Å². The Morgan fingerprint density at radius 1 is 1.14 bits per heavy atom. The highest BCUT2D eigenvalue weighted by atomic mass is 35.5. The van der Waals surface area contributed by atoms with Gasteiger partial charge in [0.1, 0.15) is 11.0 Å². The molecule has 3 rings (SSSR count). The monoisotopic (exact) mass is 435 g/mol. The molecular formula is C20H19ClFN3O3S. The fraction of sp³-hybridized carbons (Fsp3) is 0.200. The number of rotatable bonds is 7. The first kappa shape index (κ1) is 21.0. The van der Waals surface area contributed by atoms with Gasteiger partial charge in [0.25, 0.3) is 0 Å². The normalized spacial score (nSPS) is 11.4. The predicted molar refractivity (Wildman–Crippen MR) is 110 cm³/mol. The highest BCUT2D eigenvalue weighted by molar-refractivity contribution is 7.90. The summed E-state index contributed by atoms with van der Waals surface area (Å²) in [7, 11) is -3.64. The number of halogens is 2. The van der Waals surface area contributed by atoms with Crippen molar-refractivity contribution in [3.63, 3.8) is 0 Å². The van der Waals surface area contributed by atoms with Gasteiger partial charge in [-0.3, -0.25) is 4.79 Å². The molecular weight excluding hydrogens is 417 g/mol. The van der Waals surface area contributed by atoms with E-state index in [-0.39, 0.29) is 28.8 Å². The van der Waals surface area contributed by atoms with E-state index in [4.69, 9.17) is 11.6 Å². The van der Waals surface area contributed by atoms with Crippen molar-refractivity contribution >= 4 is 33.0 Å². The summed E-state index contributed by atoms with van der Waals surface area (Å²) in [5.74, 6) is -1.89. The number of carbonyl (C=O) groups is 1. The lowest BCUT2D eigenvalue weighted by atomic mass is 10.3. The van der Waals surface area contributed by atoms with Crippen LogP contribution in [0.2, 0.25) is 5.15 Å². The van der Waals surface area contributed by atoms with Crippen LogP contribution in [0.3, 0.4) is 0 Å². The van der Waals surface area contributed by atoms with Crippen molar-refractivity contribution < 1.29 is 17.6 Å². The molecule has 6 nitrogen and oxygen atoms in total. The predicted octanol–water partition coefficient (Wildman–Crippen LogP) is 3.92. The van der Waals surface area contributed by atoms with Gasteiger partial charge < -0.3 is 5.32 Å². The number of amides is 1. The molecule has 152 valence electrons. The van der Waals surface area contributed by atoms with Crippen LogP contribution in [0.1, 0.15) is 17.7 Å². The molecule has 0 spiro atoms. The number of carbonyl (C=O) groups excluding carboxylic acids is 1. The molecule has 2 aromatic carbocycles. The summed E-state index contributed by atoms with van der Waals surface area (Å²) >= 11 is 6.37. The lowest BCUT2D eigenvalue weighted by Gasteiger charge is -2.07. The third-order valence-electron chi connectivity index (χ3n) is 4.27. The van der Waals surface area contributed by atoms with Crippen molar-refractivity contribution in [2.24, 2.45) is 0 Å². The molecule has 1 heterocycles. The van der Waals surface area contributed by atoms with Crippen LogP contribution < -0.4 is 5.32 Å². The van der Waals surface area contributed by atoms with Gasteiger partial charge in [0, 0.05) is 12.0 Å². The SMILES string of the molecule is Cc1nn(-c2ccccc2)c(Cl)c1CS(=O)(=O)CCC(=O)Nc1ccccc1F. The molecule has 29 heavy (non-hydrogen) atoms. The molecule has 0 atom stereocenters. The quantitative estimate of drug-likeness (QED) is 0.610. The standard InChI is InChI=1S/C20H19ClFN3O3S/c1-14-16(20(21)25(24-14)15-7-3-2-4-8-15)13-29(27,28)12-11-19(26)23-18-10-6-5-9-17(18)22/h2-10H,11-13H2,1H3,(H,23,26). The second-order valence-corrected chi connectivity index (χ2v) is 9.01. The van der Waals surface area contributed by atoms with Crippen molar-refractivity contribution in [3.8, 4) is 5.69 Å². The lowest BCUT2D eigenvalue weighted by molar-refractivity contribution is -0.115. The van der Waals surface area contributed by atoms with Crippen LogP contribution in [-0.2, 0) is 20.4 Å². The maximum atomic E-state index is 13.6. The third-order valence-corrected chi connectivity index (χ3v) is 6.22. The Morgan fingerprint density at radius 2 is 1.79 bits per heavy atom. The Kier molecular flexibility index (Phi) is 6.34.